The van der Waals surface area contributed by atoms with Crippen molar-refractivity contribution in [1.82, 2.24) is 9.97 Å². The standard InChI is InChI=1S/C14H22ClN3/c1-2-4-12-5-3-7-18(8-6-12)14-11-16-10-13(9-15)17-14/h10-12H,2-9H2,1H3. The molecule has 2 rings (SSSR count). The molecule has 1 aliphatic rings. The number of aromatic nitrogens is 2. The SMILES string of the molecule is CCCC1CCCN(c2cncc(CCl)n2)CC1. The first kappa shape index (κ1) is 13.6. The van der Waals surface area contributed by atoms with Gasteiger partial charge in [0, 0.05) is 19.3 Å². The summed E-state index contributed by atoms with van der Waals surface area (Å²) in [7, 11) is 0. The molecule has 0 spiro atoms. The van der Waals surface area contributed by atoms with Gasteiger partial charge in [-0.25, -0.2) is 4.98 Å². The van der Waals surface area contributed by atoms with E-state index in [1.165, 1.54) is 32.1 Å². The van der Waals surface area contributed by atoms with E-state index in [0.29, 0.717) is 5.88 Å². The number of hydrogen-bond acceptors (Lipinski definition) is 3. The van der Waals surface area contributed by atoms with Crippen LogP contribution >= 0.6 is 11.6 Å². The van der Waals surface area contributed by atoms with Gasteiger partial charge in [0.25, 0.3) is 0 Å². The van der Waals surface area contributed by atoms with Crippen molar-refractivity contribution in [2.45, 2.75) is 44.9 Å². The molecule has 0 aliphatic carbocycles. The molecule has 0 saturated carbocycles. The van der Waals surface area contributed by atoms with E-state index in [0.717, 1.165) is 30.5 Å². The van der Waals surface area contributed by atoms with Gasteiger partial charge in [-0.05, 0) is 25.2 Å². The van der Waals surface area contributed by atoms with Crippen LogP contribution in [0.25, 0.3) is 0 Å². The smallest absolute Gasteiger partial charge is 0.147 e. The Hall–Kier alpha value is -0.830. The first-order valence-electron chi connectivity index (χ1n) is 6.95. The number of halogens is 1. The second kappa shape index (κ2) is 6.93. The van der Waals surface area contributed by atoms with E-state index in [4.69, 9.17) is 11.6 Å². The number of anilines is 1. The van der Waals surface area contributed by atoms with E-state index >= 15 is 0 Å². The van der Waals surface area contributed by atoms with Gasteiger partial charge in [0.1, 0.15) is 5.82 Å². The van der Waals surface area contributed by atoms with Gasteiger partial charge in [0.2, 0.25) is 0 Å². The van der Waals surface area contributed by atoms with Crippen LogP contribution < -0.4 is 4.90 Å². The molecular formula is C14H22ClN3. The van der Waals surface area contributed by atoms with Crippen molar-refractivity contribution in [1.29, 1.82) is 0 Å². The molecular weight excluding hydrogens is 246 g/mol. The molecule has 0 radical (unpaired) electrons. The quantitative estimate of drug-likeness (QED) is 0.780. The Balaban J connectivity index is 2.00. The van der Waals surface area contributed by atoms with E-state index in [9.17, 15) is 0 Å². The Kier molecular flexibility index (Phi) is 5.24. The van der Waals surface area contributed by atoms with Gasteiger partial charge in [-0.15, -0.1) is 11.6 Å². The zero-order chi connectivity index (χ0) is 12.8. The minimum atomic E-state index is 0.438. The zero-order valence-corrected chi connectivity index (χ0v) is 11.9. The summed E-state index contributed by atoms with van der Waals surface area (Å²) in [5.74, 6) is 2.32. The summed E-state index contributed by atoms with van der Waals surface area (Å²) >= 11 is 5.81. The molecule has 1 aromatic rings. The van der Waals surface area contributed by atoms with Crippen molar-refractivity contribution in [2.24, 2.45) is 5.92 Å². The first-order valence-corrected chi connectivity index (χ1v) is 7.48. The molecule has 0 amide bonds. The fraction of sp³-hybridized carbons (Fsp3) is 0.714. The first-order chi connectivity index (χ1) is 8.83. The second-order valence-corrected chi connectivity index (χ2v) is 5.34. The van der Waals surface area contributed by atoms with Gasteiger partial charge < -0.3 is 4.90 Å². The molecule has 1 unspecified atom stereocenters. The zero-order valence-electron chi connectivity index (χ0n) is 11.1. The second-order valence-electron chi connectivity index (χ2n) is 5.07. The number of rotatable bonds is 4. The van der Waals surface area contributed by atoms with Crippen LogP contribution in [-0.2, 0) is 5.88 Å². The highest BCUT2D eigenvalue weighted by Crippen LogP contribution is 2.24. The van der Waals surface area contributed by atoms with Crippen molar-refractivity contribution < 1.29 is 0 Å². The summed E-state index contributed by atoms with van der Waals surface area (Å²) in [4.78, 5) is 11.1. The number of hydrogen-bond donors (Lipinski definition) is 0. The molecule has 1 atom stereocenters. The predicted molar refractivity (Wildman–Crippen MR) is 76.1 cm³/mol. The highest BCUT2D eigenvalue weighted by atomic mass is 35.5. The summed E-state index contributed by atoms with van der Waals surface area (Å²) in [6.45, 7) is 4.48. The van der Waals surface area contributed by atoms with Crippen molar-refractivity contribution in [3.63, 3.8) is 0 Å². The lowest BCUT2D eigenvalue weighted by Crippen LogP contribution is -2.25. The molecule has 0 N–H and O–H groups in total. The normalized spacial score (nSPS) is 20.8. The fourth-order valence-corrected chi connectivity index (χ4v) is 2.83. The van der Waals surface area contributed by atoms with Gasteiger partial charge in [-0.3, -0.25) is 4.98 Å². The fourth-order valence-electron chi connectivity index (χ4n) is 2.70. The molecule has 0 bridgehead atoms. The van der Waals surface area contributed by atoms with E-state index in [1.54, 1.807) is 6.20 Å². The average Bonchev–Trinajstić information content (AvgIpc) is 2.65. The maximum Gasteiger partial charge on any atom is 0.147 e. The molecule has 3 nitrogen and oxygen atoms in total. The molecule has 1 aliphatic heterocycles. The van der Waals surface area contributed by atoms with Gasteiger partial charge in [0.15, 0.2) is 0 Å². The van der Waals surface area contributed by atoms with Gasteiger partial charge in [-0.1, -0.05) is 19.8 Å². The van der Waals surface area contributed by atoms with Crippen LogP contribution in [0.5, 0.6) is 0 Å². The third kappa shape index (κ3) is 3.58. The summed E-state index contributed by atoms with van der Waals surface area (Å²) < 4.78 is 0. The lowest BCUT2D eigenvalue weighted by molar-refractivity contribution is 0.435. The summed E-state index contributed by atoms with van der Waals surface area (Å²) in [6.07, 6.45) is 10.2. The molecule has 0 aromatic carbocycles. The van der Waals surface area contributed by atoms with Gasteiger partial charge in [0.05, 0.1) is 17.8 Å². The summed E-state index contributed by atoms with van der Waals surface area (Å²) in [6, 6.07) is 0. The van der Waals surface area contributed by atoms with Crippen molar-refractivity contribution in [3.8, 4) is 0 Å². The van der Waals surface area contributed by atoms with Gasteiger partial charge in [-0.2, -0.15) is 0 Å². The highest BCUT2D eigenvalue weighted by molar-refractivity contribution is 6.16. The Morgan fingerprint density at radius 3 is 3.00 bits per heavy atom. The van der Waals surface area contributed by atoms with Gasteiger partial charge >= 0.3 is 0 Å². The Labute approximate surface area is 115 Å². The topological polar surface area (TPSA) is 29.0 Å². The Morgan fingerprint density at radius 2 is 2.22 bits per heavy atom. The largest absolute Gasteiger partial charge is 0.355 e. The average molecular weight is 268 g/mol. The van der Waals surface area contributed by atoms with Crippen LogP contribution in [0.15, 0.2) is 12.4 Å². The molecule has 1 aromatic heterocycles. The summed E-state index contributed by atoms with van der Waals surface area (Å²) in [5.41, 5.74) is 0.864. The third-order valence-electron chi connectivity index (χ3n) is 3.68. The third-order valence-corrected chi connectivity index (χ3v) is 3.95. The van der Waals surface area contributed by atoms with Crippen molar-refractivity contribution in [2.75, 3.05) is 18.0 Å². The van der Waals surface area contributed by atoms with Crippen molar-refractivity contribution >= 4 is 17.4 Å². The van der Waals surface area contributed by atoms with Crippen LogP contribution in [0.2, 0.25) is 0 Å². The van der Waals surface area contributed by atoms with Crippen LogP contribution in [0.4, 0.5) is 5.82 Å². The number of nitrogens with zero attached hydrogens (tertiary/aromatic N) is 3. The maximum atomic E-state index is 5.81. The van der Waals surface area contributed by atoms with Crippen LogP contribution in [0, 0.1) is 5.92 Å². The molecule has 1 fully saturated rings. The van der Waals surface area contributed by atoms with Crippen LogP contribution in [0.1, 0.15) is 44.7 Å². The van der Waals surface area contributed by atoms with Crippen molar-refractivity contribution in [3.05, 3.63) is 18.1 Å². The highest BCUT2D eigenvalue weighted by Gasteiger charge is 2.17. The molecule has 1 saturated heterocycles. The molecule has 2 heterocycles. The Bertz CT molecular complexity index is 370. The molecule has 100 valence electrons. The predicted octanol–water partition coefficient (Wildman–Crippen LogP) is 3.62. The minimum absolute atomic E-state index is 0.438. The summed E-state index contributed by atoms with van der Waals surface area (Å²) in [5, 5.41) is 0. The van der Waals surface area contributed by atoms with Crippen LogP contribution in [0.3, 0.4) is 0 Å². The van der Waals surface area contributed by atoms with E-state index in [2.05, 4.69) is 21.8 Å². The minimum Gasteiger partial charge on any atom is -0.355 e. The lowest BCUT2D eigenvalue weighted by atomic mass is 9.96. The van der Waals surface area contributed by atoms with E-state index < -0.39 is 0 Å². The lowest BCUT2D eigenvalue weighted by Gasteiger charge is -2.21. The number of alkyl halides is 1. The van der Waals surface area contributed by atoms with Crippen LogP contribution in [-0.4, -0.2) is 23.1 Å². The van der Waals surface area contributed by atoms with E-state index in [1.807, 2.05) is 6.20 Å². The Morgan fingerprint density at radius 1 is 1.33 bits per heavy atom. The molecule has 18 heavy (non-hydrogen) atoms. The van der Waals surface area contributed by atoms with E-state index in [-0.39, 0.29) is 0 Å². The monoisotopic (exact) mass is 267 g/mol. The maximum absolute atomic E-state index is 5.81. The molecule has 4 heteroatoms.